The van der Waals surface area contributed by atoms with Crippen molar-refractivity contribution >= 4 is 0 Å². The molecule has 0 aliphatic carbocycles. The van der Waals surface area contributed by atoms with Crippen LogP contribution in [0.25, 0.3) is 11.3 Å². The first-order chi connectivity index (χ1) is 10.6. The van der Waals surface area contributed by atoms with Gasteiger partial charge < -0.3 is 0 Å². The zero-order chi connectivity index (χ0) is 15.6. The van der Waals surface area contributed by atoms with Gasteiger partial charge in [0.05, 0.1) is 11.7 Å². The minimum atomic E-state index is -0.286. The maximum absolute atomic E-state index is 4.34. The summed E-state index contributed by atoms with van der Waals surface area (Å²) in [5, 5.41) is 8.66. The minimum Gasteiger partial charge on any atom is -0.244 e. The van der Waals surface area contributed by atoms with Crippen LogP contribution in [0.4, 0.5) is 0 Å². The normalized spacial score (nSPS) is 11.1. The number of nitrogens with zero attached hydrogens (tertiary/aromatic N) is 3. The molecule has 3 rings (SSSR count). The number of rotatable bonds is 4. The summed E-state index contributed by atoms with van der Waals surface area (Å²) in [5.74, 6) is 0. The van der Waals surface area contributed by atoms with Crippen molar-refractivity contribution in [1.29, 1.82) is 0 Å². The third-order valence-electron chi connectivity index (χ3n) is 4.03. The van der Waals surface area contributed by atoms with Gasteiger partial charge in [-0.1, -0.05) is 48.9 Å². The number of aryl methyl sites for hydroxylation is 1. The van der Waals surface area contributed by atoms with Crippen molar-refractivity contribution in [2.45, 2.75) is 32.7 Å². The van der Waals surface area contributed by atoms with Crippen molar-refractivity contribution in [1.82, 2.24) is 15.0 Å². The van der Waals surface area contributed by atoms with Gasteiger partial charge in [0, 0.05) is 25.7 Å². The van der Waals surface area contributed by atoms with E-state index in [1.54, 1.807) is 0 Å². The molecular formula is C19H20IrN3-. The van der Waals surface area contributed by atoms with Crippen LogP contribution in [0, 0.1) is 6.07 Å². The number of benzene rings is 2. The monoisotopic (exact) mass is 483 g/mol. The quantitative estimate of drug-likeness (QED) is 0.525. The Kier molecular flexibility index (Phi) is 5.50. The Balaban J connectivity index is 0.00000192. The molecule has 0 atom stereocenters. The molecule has 0 unspecified atom stereocenters. The Morgan fingerprint density at radius 3 is 2.48 bits per heavy atom. The van der Waals surface area contributed by atoms with Gasteiger partial charge in [0.25, 0.3) is 0 Å². The summed E-state index contributed by atoms with van der Waals surface area (Å²) in [4.78, 5) is 0. The summed E-state index contributed by atoms with van der Waals surface area (Å²) < 4.78 is 1.92. The zero-order valence-electron chi connectivity index (χ0n) is 13.6. The van der Waals surface area contributed by atoms with Crippen molar-refractivity contribution in [2.24, 2.45) is 0 Å². The number of hydrogen-bond donors (Lipinski definition) is 0. The number of aromatic nitrogens is 3. The molecule has 0 aliphatic heterocycles. The van der Waals surface area contributed by atoms with Crippen LogP contribution in [-0.4, -0.2) is 15.0 Å². The van der Waals surface area contributed by atoms with Crippen LogP contribution in [0.5, 0.6) is 0 Å². The van der Waals surface area contributed by atoms with E-state index in [4.69, 9.17) is 0 Å². The third-order valence-corrected chi connectivity index (χ3v) is 4.03. The molecule has 3 nitrogen and oxygen atoms in total. The van der Waals surface area contributed by atoms with Gasteiger partial charge in [-0.15, -0.1) is 10.7 Å². The maximum atomic E-state index is 4.34. The van der Waals surface area contributed by atoms with E-state index in [0.717, 1.165) is 23.2 Å². The molecule has 0 spiro atoms. The number of hydrogen-bond acceptors (Lipinski definition) is 2. The second-order valence-electron chi connectivity index (χ2n) is 5.92. The fraction of sp³-hybridized carbons (Fsp3) is 0.263. The second-order valence-corrected chi connectivity index (χ2v) is 5.92. The fourth-order valence-electron chi connectivity index (χ4n) is 2.48. The first kappa shape index (κ1) is 17.6. The zero-order valence-corrected chi connectivity index (χ0v) is 16.0. The summed E-state index contributed by atoms with van der Waals surface area (Å²) in [6, 6.07) is 19.9. The molecule has 1 heterocycles. The summed E-state index contributed by atoms with van der Waals surface area (Å²) in [6.45, 7) is 6.43. The Labute approximate surface area is 151 Å². The van der Waals surface area contributed by atoms with Gasteiger partial charge in [-0.25, -0.2) is 4.68 Å². The van der Waals surface area contributed by atoms with Crippen molar-refractivity contribution in [3.8, 4) is 11.3 Å². The van der Waals surface area contributed by atoms with Crippen LogP contribution < -0.4 is 0 Å². The predicted molar refractivity (Wildman–Crippen MR) is 88.5 cm³/mol. The van der Waals surface area contributed by atoms with E-state index >= 15 is 0 Å². The van der Waals surface area contributed by atoms with Crippen molar-refractivity contribution < 1.29 is 20.1 Å². The summed E-state index contributed by atoms with van der Waals surface area (Å²) >= 11 is 0. The van der Waals surface area contributed by atoms with Gasteiger partial charge in [-0.05, 0) is 13.8 Å². The topological polar surface area (TPSA) is 30.7 Å². The SMILES string of the molecule is CCc1[c-]c(C(C)(C)n2cc(-c3ccccc3)nn2)ccc1.[Ir]. The first-order valence-corrected chi connectivity index (χ1v) is 7.61. The molecule has 0 bridgehead atoms. The van der Waals surface area contributed by atoms with E-state index in [1.807, 2.05) is 41.2 Å². The van der Waals surface area contributed by atoms with Crippen LogP contribution in [0.1, 0.15) is 31.9 Å². The van der Waals surface area contributed by atoms with E-state index in [2.05, 4.69) is 55.3 Å². The molecule has 0 amide bonds. The Bertz CT molecular complexity index is 763. The van der Waals surface area contributed by atoms with Crippen LogP contribution in [0.3, 0.4) is 0 Å². The summed E-state index contributed by atoms with van der Waals surface area (Å²) in [6.07, 6.45) is 2.98. The fourth-order valence-corrected chi connectivity index (χ4v) is 2.48. The first-order valence-electron chi connectivity index (χ1n) is 7.61. The van der Waals surface area contributed by atoms with Crippen LogP contribution in [-0.2, 0) is 32.1 Å². The minimum absolute atomic E-state index is 0. The second kappa shape index (κ2) is 7.20. The largest absolute Gasteiger partial charge is 0.244 e. The Morgan fingerprint density at radius 1 is 1.04 bits per heavy atom. The summed E-state index contributed by atoms with van der Waals surface area (Å²) in [5.41, 5.74) is 4.02. The van der Waals surface area contributed by atoms with Crippen LogP contribution in [0.15, 0.2) is 54.7 Å². The van der Waals surface area contributed by atoms with Gasteiger partial charge in [0.2, 0.25) is 0 Å². The van der Waals surface area contributed by atoms with E-state index in [-0.39, 0.29) is 25.6 Å². The van der Waals surface area contributed by atoms with Crippen molar-refractivity contribution in [2.75, 3.05) is 0 Å². The molecule has 0 aliphatic rings. The van der Waals surface area contributed by atoms with E-state index in [0.29, 0.717) is 0 Å². The van der Waals surface area contributed by atoms with Crippen LogP contribution in [0.2, 0.25) is 0 Å². The average molecular weight is 483 g/mol. The molecule has 4 heteroatoms. The molecular weight excluding hydrogens is 462 g/mol. The van der Waals surface area contributed by atoms with Gasteiger partial charge >= 0.3 is 0 Å². The van der Waals surface area contributed by atoms with E-state index < -0.39 is 0 Å². The molecule has 0 fully saturated rings. The molecule has 2 aromatic carbocycles. The standard InChI is InChI=1S/C19H20N3.Ir/c1-4-15-9-8-12-17(13-15)19(2,3)22-14-18(20-21-22)16-10-6-5-7-11-16;/h5-12,14H,4H2,1-3H3;/q-1;. The Hall–Kier alpha value is -1.77. The van der Waals surface area contributed by atoms with Gasteiger partial charge in [-0.3, -0.25) is 0 Å². The molecule has 0 N–H and O–H groups in total. The molecule has 1 radical (unpaired) electrons. The smallest absolute Gasteiger partial charge is 0.113 e. The molecule has 0 saturated carbocycles. The predicted octanol–water partition coefficient (Wildman–Crippen LogP) is 4.09. The summed E-state index contributed by atoms with van der Waals surface area (Å²) in [7, 11) is 0. The third kappa shape index (κ3) is 3.60. The molecule has 23 heavy (non-hydrogen) atoms. The molecule has 121 valence electrons. The van der Waals surface area contributed by atoms with Crippen molar-refractivity contribution in [3.05, 3.63) is 71.9 Å². The van der Waals surface area contributed by atoms with Crippen LogP contribution >= 0.6 is 0 Å². The van der Waals surface area contributed by atoms with Gasteiger partial charge in [0.1, 0.15) is 5.69 Å². The molecule has 1 aromatic heterocycles. The van der Waals surface area contributed by atoms with E-state index in [1.165, 1.54) is 5.56 Å². The maximum Gasteiger partial charge on any atom is 0.113 e. The van der Waals surface area contributed by atoms with E-state index in [9.17, 15) is 0 Å². The van der Waals surface area contributed by atoms with Gasteiger partial charge in [-0.2, -0.15) is 29.8 Å². The van der Waals surface area contributed by atoms with Crippen molar-refractivity contribution in [3.63, 3.8) is 0 Å². The molecule has 3 aromatic rings. The molecule has 0 saturated heterocycles. The van der Waals surface area contributed by atoms with Gasteiger partial charge in [0.15, 0.2) is 0 Å². The Morgan fingerprint density at radius 2 is 1.78 bits per heavy atom. The average Bonchev–Trinajstić information content (AvgIpc) is 3.06.